The van der Waals surface area contributed by atoms with E-state index >= 15 is 0 Å². The molecule has 3 fully saturated rings. The number of morpholine rings is 1. The van der Waals surface area contributed by atoms with Gasteiger partial charge in [-0.2, -0.15) is 9.97 Å². The fourth-order valence-corrected chi connectivity index (χ4v) is 5.82. The highest BCUT2D eigenvalue weighted by Gasteiger charge is 2.35. The Labute approximate surface area is 218 Å². The van der Waals surface area contributed by atoms with Crippen LogP contribution in [0.3, 0.4) is 0 Å². The summed E-state index contributed by atoms with van der Waals surface area (Å²) in [6.07, 6.45) is 8.44. The van der Waals surface area contributed by atoms with E-state index < -0.39 is 0 Å². The molecule has 2 aliphatic heterocycles. The zero-order valence-electron chi connectivity index (χ0n) is 20.3. The fraction of sp³-hybridized carbons (Fsp3) is 0.577. The second-order valence-electron chi connectivity index (χ2n) is 9.86. The van der Waals surface area contributed by atoms with Crippen LogP contribution in [0.4, 0.5) is 17.6 Å². The predicted molar refractivity (Wildman–Crippen MR) is 147 cm³/mol. The molecule has 1 aromatic heterocycles. The lowest BCUT2D eigenvalue weighted by Crippen LogP contribution is -2.41. The molecule has 2 aromatic rings. The van der Waals surface area contributed by atoms with E-state index in [9.17, 15) is 0 Å². The van der Waals surface area contributed by atoms with Crippen LogP contribution in [0.25, 0.3) is 0 Å². The SMILES string of the molecule is S=C(NCC1(c2ccc(Cl)cc2)CCCC1)Nc1nc(N2CCCCC2)cc(N2CCOCC2)n1. The van der Waals surface area contributed by atoms with Crippen LogP contribution in [0.2, 0.25) is 5.02 Å². The summed E-state index contributed by atoms with van der Waals surface area (Å²) in [5, 5.41) is 8.12. The van der Waals surface area contributed by atoms with E-state index in [2.05, 4.69) is 38.6 Å². The number of benzene rings is 1. The molecule has 1 aromatic carbocycles. The van der Waals surface area contributed by atoms with Crippen molar-refractivity contribution < 1.29 is 4.74 Å². The first-order chi connectivity index (χ1) is 17.1. The Bertz CT molecular complexity index is 965. The zero-order chi connectivity index (χ0) is 24.1. The molecule has 9 heteroatoms. The summed E-state index contributed by atoms with van der Waals surface area (Å²) in [4.78, 5) is 14.3. The van der Waals surface area contributed by atoms with Gasteiger partial charge in [-0.1, -0.05) is 36.6 Å². The number of anilines is 3. The Morgan fingerprint density at radius 3 is 2.20 bits per heavy atom. The van der Waals surface area contributed by atoms with E-state index in [4.69, 9.17) is 38.5 Å². The zero-order valence-corrected chi connectivity index (χ0v) is 21.8. The summed E-state index contributed by atoms with van der Waals surface area (Å²) in [7, 11) is 0. The Balaban J connectivity index is 1.30. The van der Waals surface area contributed by atoms with E-state index in [1.165, 1.54) is 37.7 Å². The third-order valence-electron chi connectivity index (χ3n) is 7.54. The topological polar surface area (TPSA) is 65.6 Å². The van der Waals surface area contributed by atoms with Crippen LogP contribution < -0.4 is 20.4 Å². The molecule has 188 valence electrons. The van der Waals surface area contributed by atoms with Crippen LogP contribution in [-0.4, -0.2) is 61.0 Å². The predicted octanol–water partition coefficient (Wildman–Crippen LogP) is 4.76. The summed E-state index contributed by atoms with van der Waals surface area (Å²) in [6, 6.07) is 10.4. The normalized spacial score (nSPS) is 20.0. The van der Waals surface area contributed by atoms with Gasteiger partial charge in [0.15, 0.2) is 5.11 Å². The molecular weight excluding hydrogens is 480 g/mol. The molecule has 0 atom stereocenters. The van der Waals surface area contributed by atoms with Crippen molar-refractivity contribution in [2.24, 2.45) is 0 Å². The van der Waals surface area contributed by atoms with Gasteiger partial charge in [-0.05, 0) is 62.0 Å². The maximum absolute atomic E-state index is 6.15. The Morgan fingerprint density at radius 2 is 1.54 bits per heavy atom. The minimum Gasteiger partial charge on any atom is -0.378 e. The molecule has 0 radical (unpaired) electrons. The smallest absolute Gasteiger partial charge is 0.232 e. The third-order valence-corrected chi connectivity index (χ3v) is 8.04. The van der Waals surface area contributed by atoms with Gasteiger partial charge in [-0.15, -0.1) is 0 Å². The van der Waals surface area contributed by atoms with Gasteiger partial charge >= 0.3 is 0 Å². The summed E-state index contributed by atoms with van der Waals surface area (Å²) in [5.74, 6) is 2.46. The van der Waals surface area contributed by atoms with Crippen molar-refractivity contribution in [1.82, 2.24) is 15.3 Å². The number of halogens is 1. The van der Waals surface area contributed by atoms with Crippen molar-refractivity contribution in [3.8, 4) is 0 Å². The monoisotopic (exact) mass is 514 g/mol. The van der Waals surface area contributed by atoms with Crippen molar-refractivity contribution in [2.75, 3.05) is 61.1 Å². The highest BCUT2D eigenvalue weighted by Crippen LogP contribution is 2.41. The summed E-state index contributed by atoms with van der Waals surface area (Å²) < 4.78 is 5.55. The number of hydrogen-bond donors (Lipinski definition) is 2. The van der Waals surface area contributed by atoms with Crippen molar-refractivity contribution in [3.63, 3.8) is 0 Å². The average molecular weight is 515 g/mol. The van der Waals surface area contributed by atoms with Crippen molar-refractivity contribution >= 4 is 46.5 Å². The Hall–Kier alpha value is -2.16. The summed E-state index contributed by atoms with van der Waals surface area (Å²) in [6.45, 7) is 5.96. The lowest BCUT2D eigenvalue weighted by molar-refractivity contribution is 0.122. The first-order valence-corrected chi connectivity index (χ1v) is 13.7. The molecule has 35 heavy (non-hydrogen) atoms. The lowest BCUT2D eigenvalue weighted by atomic mass is 9.79. The molecule has 7 nitrogen and oxygen atoms in total. The number of thiocarbonyl (C=S) groups is 1. The van der Waals surface area contributed by atoms with Crippen molar-refractivity contribution in [2.45, 2.75) is 50.4 Å². The van der Waals surface area contributed by atoms with Crippen LogP contribution in [0.15, 0.2) is 30.3 Å². The molecule has 0 spiro atoms. The highest BCUT2D eigenvalue weighted by atomic mass is 35.5. The maximum atomic E-state index is 6.15. The number of nitrogens with one attached hydrogen (secondary N) is 2. The molecule has 2 N–H and O–H groups in total. The largest absolute Gasteiger partial charge is 0.378 e. The minimum absolute atomic E-state index is 0.0752. The van der Waals surface area contributed by atoms with E-state index in [0.29, 0.717) is 11.1 Å². The van der Waals surface area contributed by atoms with Gasteiger partial charge < -0.3 is 25.2 Å². The van der Waals surface area contributed by atoms with Gasteiger partial charge in [-0.25, -0.2) is 0 Å². The van der Waals surface area contributed by atoms with Crippen LogP contribution in [0, 0.1) is 0 Å². The second-order valence-corrected chi connectivity index (χ2v) is 10.7. The Morgan fingerprint density at radius 1 is 0.914 bits per heavy atom. The molecule has 0 bridgehead atoms. The number of piperidine rings is 1. The van der Waals surface area contributed by atoms with Gasteiger partial charge in [0.05, 0.1) is 13.2 Å². The Kier molecular flexibility index (Phi) is 7.90. The van der Waals surface area contributed by atoms with E-state index in [0.717, 1.165) is 75.4 Å². The molecular formula is C26H35ClN6OS. The van der Waals surface area contributed by atoms with Gasteiger partial charge in [0.1, 0.15) is 11.6 Å². The van der Waals surface area contributed by atoms with Crippen LogP contribution >= 0.6 is 23.8 Å². The molecule has 1 saturated carbocycles. The second kappa shape index (κ2) is 11.3. The fourth-order valence-electron chi connectivity index (χ4n) is 5.54. The average Bonchev–Trinajstić information content (AvgIpc) is 3.39. The van der Waals surface area contributed by atoms with Crippen LogP contribution in [0.5, 0.6) is 0 Å². The first kappa shape index (κ1) is 24.5. The van der Waals surface area contributed by atoms with Crippen molar-refractivity contribution in [3.05, 3.63) is 40.9 Å². The molecule has 3 heterocycles. The molecule has 1 aliphatic carbocycles. The summed E-state index contributed by atoms with van der Waals surface area (Å²) in [5.41, 5.74) is 1.40. The van der Waals surface area contributed by atoms with Gasteiger partial charge in [-0.3, -0.25) is 0 Å². The third kappa shape index (κ3) is 5.98. The van der Waals surface area contributed by atoms with E-state index in [1.807, 2.05) is 12.1 Å². The standard InChI is InChI=1S/C26H35ClN6OS/c27-21-8-6-20(7-9-21)26(10-2-3-11-26)19-28-25(35)31-24-29-22(32-12-4-1-5-13-32)18-23(30-24)33-14-16-34-17-15-33/h6-9,18H,1-5,10-17,19H2,(H2,28,29,30,31,35). The molecule has 2 saturated heterocycles. The van der Waals surface area contributed by atoms with Gasteiger partial charge in [0.25, 0.3) is 0 Å². The lowest BCUT2D eigenvalue weighted by Gasteiger charge is -2.32. The molecule has 3 aliphatic rings. The van der Waals surface area contributed by atoms with Gasteiger partial charge in [0, 0.05) is 49.2 Å². The number of nitrogens with zero attached hydrogens (tertiary/aromatic N) is 4. The number of rotatable bonds is 6. The summed E-state index contributed by atoms with van der Waals surface area (Å²) >= 11 is 11.9. The van der Waals surface area contributed by atoms with Gasteiger partial charge in [0.2, 0.25) is 5.95 Å². The minimum atomic E-state index is 0.0752. The van der Waals surface area contributed by atoms with Crippen molar-refractivity contribution in [1.29, 1.82) is 0 Å². The van der Waals surface area contributed by atoms with E-state index in [1.54, 1.807) is 0 Å². The highest BCUT2D eigenvalue weighted by molar-refractivity contribution is 7.80. The van der Waals surface area contributed by atoms with Crippen LogP contribution in [0.1, 0.15) is 50.5 Å². The number of aromatic nitrogens is 2. The molecule has 0 amide bonds. The van der Waals surface area contributed by atoms with Crippen LogP contribution in [-0.2, 0) is 10.2 Å². The first-order valence-electron chi connectivity index (χ1n) is 12.9. The van der Waals surface area contributed by atoms with E-state index in [-0.39, 0.29) is 5.41 Å². The maximum Gasteiger partial charge on any atom is 0.232 e. The molecule has 5 rings (SSSR count). The number of ether oxygens (including phenoxy) is 1. The number of hydrogen-bond acceptors (Lipinski definition) is 6. The molecule has 0 unspecified atom stereocenters. The quantitative estimate of drug-likeness (QED) is 0.535.